The smallest absolute Gasteiger partial charge is 0.175 e. The maximum absolute atomic E-state index is 6.16. The normalized spacial score (nSPS) is 17.0. The molecular weight excluding hydrogens is 489 g/mol. The predicted molar refractivity (Wildman–Crippen MR) is 145 cm³/mol. The van der Waals surface area contributed by atoms with Gasteiger partial charge in [0.15, 0.2) is 5.58 Å². The molecule has 0 bridgehead atoms. The number of halogens is 2. The summed E-state index contributed by atoms with van der Waals surface area (Å²) in [6.07, 6.45) is 7.34. The first-order chi connectivity index (χ1) is 15.7. The molecule has 2 fully saturated rings. The summed E-state index contributed by atoms with van der Waals surface area (Å²) in [5, 5.41) is 7.84. The fourth-order valence-corrected chi connectivity index (χ4v) is 5.51. The molecule has 1 aliphatic carbocycles. The number of hydrogen-bond donors (Lipinski definition) is 0. The van der Waals surface area contributed by atoms with E-state index in [9.17, 15) is 0 Å². The van der Waals surface area contributed by atoms with Crippen LogP contribution < -0.4 is 4.74 Å². The van der Waals surface area contributed by atoms with Crippen molar-refractivity contribution in [3.05, 3.63) is 45.8 Å². The van der Waals surface area contributed by atoms with Crippen LogP contribution >= 0.6 is 36.2 Å². The third-order valence-electron chi connectivity index (χ3n) is 6.88. The van der Waals surface area contributed by atoms with Crippen LogP contribution in [-0.2, 0) is 19.5 Å². The van der Waals surface area contributed by atoms with Crippen molar-refractivity contribution < 1.29 is 9.26 Å². The van der Waals surface area contributed by atoms with E-state index >= 15 is 0 Å². The molecule has 8 heteroatoms. The summed E-state index contributed by atoms with van der Waals surface area (Å²) in [6, 6.07) is 8.69. The van der Waals surface area contributed by atoms with Gasteiger partial charge in [-0.1, -0.05) is 11.2 Å². The lowest BCUT2D eigenvalue weighted by Gasteiger charge is -2.31. The van der Waals surface area contributed by atoms with Gasteiger partial charge in [-0.05, 0) is 101 Å². The molecule has 1 aromatic carbocycles. The molecule has 0 N–H and O–H groups in total. The summed E-state index contributed by atoms with van der Waals surface area (Å²) < 4.78 is 12.1. The largest absolute Gasteiger partial charge is 0.493 e. The van der Waals surface area contributed by atoms with Gasteiger partial charge in [-0.15, -0.1) is 36.2 Å². The molecule has 2 aliphatic rings. The van der Waals surface area contributed by atoms with Gasteiger partial charge in [0.05, 0.1) is 17.9 Å². The molecule has 5 rings (SSSR count). The topological polar surface area (TPSA) is 41.7 Å². The third kappa shape index (κ3) is 6.88. The zero-order valence-corrected chi connectivity index (χ0v) is 22.7. The summed E-state index contributed by atoms with van der Waals surface area (Å²) in [5.74, 6) is 2.47. The van der Waals surface area contributed by atoms with Crippen molar-refractivity contribution in [3.8, 4) is 5.75 Å². The van der Waals surface area contributed by atoms with E-state index in [-0.39, 0.29) is 24.8 Å². The van der Waals surface area contributed by atoms with E-state index in [0.717, 1.165) is 65.9 Å². The molecule has 1 saturated heterocycles. The number of ether oxygens (including phenoxy) is 1. The molecule has 1 saturated carbocycles. The van der Waals surface area contributed by atoms with Crippen molar-refractivity contribution in [2.24, 2.45) is 11.8 Å². The molecule has 34 heavy (non-hydrogen) atoms. The summed E-state index contributed by atoms with van der Waals surface area (Å²) >= 11 is 1.87. The molecular formula is C26H37Cl2N3O2S. The van der Waals surface area contributed by atoms with Gasteiger partial charge in [-0.3, -0.25) is 4.90 Å². The van der Waals surface area contributed by atoms with Crippen molar-refractivity contribution in [2.45, 2.75) is 51.6 Å². The number of rotatable bonds is 10. The Bertz CT molecular complexity index is 1010. The van der Waals surface area contributed by atoms with Crippen molar-refractivity contribution >= 4 is 47.1 Å². The Morgan fingerprint density at radius 1 is 1.09 bits per heavy atom. The first kappa shape index (κ1) is 27.3. The maximum atomic E-state index is 6.16. The van der Waals surface area contributed by atoms with Gasteiger partial charge in [-0.25, -0.2) is 0 Å². The minimum absolute atomic E-state index is 0. The first-order valence-corrected chi connectivity index (χ1v) is 13.0. The average Bonchev–Trinajstić information content (AvgIpc) is 3.30. The number of piperidine rings is 1. The summed E-state index contributed by atoms with van der Waals surface area (Å²) in [5.41, 5.74) is 3.15. The quantitative estimate of drug-likeness (QED) is 0.305. The monoisotopic (exact) mass is 525 g/mol. The zero-order chi connectivity index (χ0) is 21.9. The number of likely N-dealkylation sites (tertiary alicyclic amines) is 1. The highest BCUT2D eigenvalue weighted by Gasteiger charge is 2.24. The van der Waals surface area contributed by atoms with Crippen LogP contribution in [0.4, 0.5) is 0 Å². The van der Waals surface area contributed by atoms with Crippen molar-refractivity contribution in [1.82, 2.24) is 15.0 Å². The Morgan fingerprint density at radius 2 is 1.88 bits per heavy atom. The highest BCUT2D eigenvalue weighted by atomic mass is 35.5. The molecule has 0 amide bonds. The van der Waals surface area contributed by atoms with Crippen LogP contribution in [0.15, 0.2) is 34.2 Å². The molecule has 0 radical (unpaired) electrons. The zero-order valence-electron chi connectivity index (χ0n) is 20.2. The molecule has 0 atom stereocenters. The Labute approximate surface area is 219 Å². The lowest BCUT2D eigenvalue weighted by Crippen LogP contribution is -2.33. The van der Waals surface area contributed by atoms with E-state index in [1.807, 2.05) is 11.3 Å². The highest BCUT2D eigenvalue weighted by molar-refractivity contribution is 7.09. The SMILES string of the molecule is CN(C)Cc1c(OCC2CC2)ccc2c(CCC3CCN(Cc4cccs4)CC3)noc12.Cl.Cl. The predicted octanol–water partition coefficient (Wildman–Crippen LogP) is 6.43. The Hall–Kier alpha value is -1.31. The molecule has 3 aromatic rings. The number of aryl methyl sites for hydroxylation is 1. The van der Waals surface area contributed by atoms with E-state index < -0.39 is 0 Å². The maximum Gasteiger partial charge on any atom is 0.175 e. The van der Waals surface area contributed by atoms with Gasteiger partial charge in [-0.2, -0.15) is 0 Å². The Balaban J connectivity index is 0.00000162. The lowest BCUT2D eigenvalue weighted by molar-refractivity contribution is 0.173. The second-order valence-corrected chi connectivity index (χ2v) is 10.9. The van der Waals surface area contributed by atoms with Crippen LogP contribution in [0.2, 0.25) is 0 Å². The van der Waals surface area contributed by atoms with Gasteiger partial charge < -0.3 is 14.2 Å². The molecule has 0 unspecified atom stereocenters. The molecule has 3 heterocycles. The second kappa shape index (κ2) is 12.6. The second-order valence-electron chi connectivity index (χ2n) is 9.88. The minimum atomic E-state index is 0. The van der Waals surface area contributed by atoms with E-state index in [2.05, 4.69) is 58.7 Å². The van der Waals surface area contributed by atoms with E-state index in [4.69, 9.17) is 9.26 Å². The third-order valence-corrected chi connectivity index (χ3v) is 7.74. The van der Waals surface area contributed by atoms with Crippen molar-refractivity contribution in [1.29, 1.82) is 0 Å². The van der Waals surface area contributed by atoms with E-state index in [1.54, 1.807) is 0 Å². The fraction of sp³-hybridized carbons (Fsp3) is 0.577. The van der Waals surface area contributed by atoms with Crippen LogP contribution in [-0.4, -0.2) is 48.7 Å². The minimum Gasteiger partial charge on any atom is -0.493 e. The number of thiophene rings is 1. The molecule has 188 valence electrons. The fourth-order valence-electron chi connectivity index (χ4n) is 4.76. The van der Waals surface area contributed by atoms with Gasteiger partial charge in [0.1, 0.15) is 5.75 Å². The van der Waals surface area contributed by atoms with Crippen LogP contribution in [0.3, 0.4) is 0 Å². The van der Waals surface area contributed by atoms with Gasteiger partial charge in [0, 0.05) is 23.4 Å². The Morgan fingerprint density at radius 3 is 2.56 bits per heavy atom. The number of fused-ring (bicyclic) bond motifs is 1. The average molecular weight is 527 g/mol. The van der Waals surface area contributed by atoms with Crippen molar-refractivity contribution in [2.75, 3.05) is 33.8 Å². The van der Waals surface area contributed by atoms with E-state index in [0.29, 0.717) is 0 Å². The first-order valence-electron chi connectivity index (χ1n) is 12.1. The molecule has 1 aliphatic heterocycles. The van der Waals surface area contributed by atoms with Crippen LogP contribution in [0.25, 0.3) is 11.0 Å². The van der Waals surface area contributed by atoms with Gasteiger partial charge in [0.2, 0.25) is 0 Å². The highest BCUT2D eigenvalue weighted by Crippen LogP contribution is 2.35. The molecule has 0 spiro atoms. The van der Waals surface area contributed by atoms with Crippen LogP contribution in [0, 0.1) is 11.8 Å². The van der Waals surface area contributed by atoms with Gasteiger partial charge in [0.25, 0.3) is 0 Å². The van der Waals surface area contributed by atoms with Crippen LogP contribution in [0.1, 0.15) is 48.2 Å². The molecule has 2 aromatic heterocycles. The summed E-state index contributed by atoms with van der Waals surface area (Å²) in [7, 11) is 4.18. The number of hydrogen-bond acceptors (Lipinski definition) is 6. The Kier molecular flexibility index (Phi) is 10.1. The van der Waals surface area contributed by atoms with E-state index in [1.165, 1.54) is 50.1 Å². The summed E-state index contributed by atoms with van der Waals surface area (Å²) in [6.45, 7) is 5.14. The number of benzene rings is 1. The molecule has 5 nitrogen and oxygen atoms in total. The van der Waals surface area contributed by atoms with Gasteiger partial charge >= 0.3 is 0 Å². The van der Waals surface area contributed by atoms with Crippen molar-refractivity contribution in [3.63, 3.8) is 0 Å². The standard InChI is InChI=1S/C26H35N3O2S.2ClH/c1-28(2)17-23-25(30-18-20-5-6-20)10-8-22-24(27-31-26(22)23)9-7-19-11-13-29(14-12-19)16-21-4-3-15-32-21;;/h3-4,8,10,15,19-20H,5-7,9,11-14,16-18H2,1-2H3;2*1H. The number of aromatic nitrogens is 1. The summed E-state index contributed by atoms with van der Waals surface area (Å²) in [4.78, 5) is 6.25. The number of nitrogens with zero attached hydrogens (tertiary/aromatic N) is 3. The lowest BCUT2D eigenvalue weighted by atomic mass is 9.91. The van der Waals surface area contributed by atoms with Crippen LogP contribution in [0.5, 0.6) is 5.75 Å².